The molecule has 0 heterocycles. The van der Waals surface area contributed by atoms with Crippen molar-refractivity contribution in [3.63, 3.8) is 0 Å². The third-order valence-corrected chi connectivity index (χ3v) is 6.29. The largest absolute Gasteiger partial charge is 0.350 e. The van der Waals surface area contributed by atoms with E-state index in [9.17, 15) is 18.0 Å². The van der Waals surface area contributed by atoms with E-state index in [0.29, 0.717) is 12.1 Å². The number of hydrogen-bond donors (Lipinski definition) is 1. The highest BCUT2D eigenvalue weighted by Crippen LogP contribution is 2.19. The first-order valence-corrected chi connectivity index (χ1v) is 12.8. The van der Waals surface area contributed by atoms with Crippen LogP contribution in [0.25, 0.3) is 0 Å². The second-order valence-corrected chi connectivity index (χ2v) is 11.2. The Hall–Kier alpha value is -2.87. The molecule has 8 heteroatoms. The summed E-state index contributed by atoms with van der Waals surface area (Å²) in [6.07, 6.45) is 1.62. The molecule has 0 saturated heterocycles. The highest BCUT2D eigenvalue weighted by molar-refractivity contribution is 7.92. The number of benzene rings is 2. The number of aryl methyl sites for hydroxylation is 1. The second kappa shape index (κ2) is 10.8. The predicted octanol–water partition coefficient (Wildman–Crippen LogP) is 3.14. The van der Waals surface area contributed by atoms with E-state index in [1.54, 1.807) is 31.2 Å². The van der Waals surface area contributed by atoms with Gasteiger partial charge in [-0.05, 0) is 58.7 Å². The predicted molar refractivity (Wildman–Crippen MR) is 133 cm³/mol. The molecule has 0 bridgehead atoms. The standard InChI is InChI=1S/C25H35N3O4S/c1-19-12-14-22(15-13-19)28(33(6,31)32)18-23(29)27(17-16-21-10-8-7-9-11-21)20(2)24(30)26-25(3,4)5/h7-15,20H,16-18H2,1-6H3,(H,26,30)/t20-/m1/s1. The normalized spacial score (nSPS) is 12.7. The molecule has 2 aromatic carbocycles. The van der Waals surface area contributed by atoms with E-state index in [2.05, 4.69) is 5.32 Å². The fraction of sp³-hybridized carbons (Fsp3) is 0.440. The summed E-state index contributed by atoms with van der Waals surface area (Å²) in [5.74, 6) is -0.723. The van der Waals surface area contributed by atoms with Gasteiger partial charge >= 0.3 is 0 Å². The Labute approximate surface area is 197 Å². The van der Waals surface area contributed by atoms with Gasteiger partial charge in [0.2, 0.25) is 21.8 Å². The van der Waals surface area contributed by atoms with Crippen molar-refractivity contribution in [1.82, 2.24) is 10.2 Å². The molecule has 0 fully saturated rings. The minimum atomic E-state index is -3.72. The minimum Gasteiger partial charge on any atom is -0.350 e. The summed E-state index contributed by atoms with van der Waals surface area (Å²) < 4.78 is 26.1. The van der Waals surface area contributed by atoms with Gasteiger partial charge in [0.25, 0.3) is 0 Å². The van der Waals surface area contributed by atoms with Gasteiger partial charge < -0.3 is 10.2 Å². The molecule has 2 rings (SSSR count). The molecule has 0 unspecified atom stereocenters. The molecule has 7 nitrogen and oxygen atoms in total. The van der Waals surface area contributed by atoms with Crippen molar-refractivity contribution in [1.29, 1.82) is 0 Å². The number of nitrogens with zero attached hydrogens (tertiary/aromatic N) is 2. The van der Waals surface area contributed by atoms with Crippen LogP contribution < -0.4 is 9.62 Å². The van der Waals surface area contributed by atoms with Gasteiger partial charge in [-0.25, -0.2) is 8.42 Å². The van der Waals surface area contributed by atoms with Gasteiger partial charge in [0.05, 0.1) is 11.9 Å². The topological polar surface area (TPSA) is 86.8 Å². The summed E-state index contributed by atoms with van der Waals surface area (Å²) in [5, 5.41) is 2.91. The van der Waals surface area contributed by atoms with Gasteiger partial charge in [0, 0.05) is 12.1 Å². The van der Waals surface area contributed by atoms with E-state index in [4.69, 9.17) is 0 Å². The summed E-state index contributed by atoms with van der Waals surface area (Å²) in [6, 6.07) is 15.8. The summed E-state index contributed by atoms with van der Waals surface area (Å²) in [7, 11) is -3.72. The van der Waals surface area contributed by atoms with Crippen LogP contribution in [0.3, 0.4) is 0 Å². The van der Waals surface area contributed by atoms with Crippen molar-refractivity contribution in [3.05, 3.63) is 65.7 Å². The minimum absolute atomic E-state index is 0.285. The average Bonchev–Trinajstić information content (AvgIpc) is 2.71. The van der Waals surface area contributed by atoms with Crippen molar-refractivity contribution in [2.45, 2.75) is 52.6 Å². The molecular formula is C25H35N3O4S. The van der Waals surface area contributed by atoms with Gasteiger partial charge in [-0.1, -0.05) is 48.0 Å². The van der Waals surface area contributed by atoms with E-state index in [1.807, 2.05) is 58.0 Å². The maximum atomic E-state index is 13.4. The van der Waals surface area contributed by atoms with Crippen molar-refractivity contribution in [2.75, 3.05) is 23.7 Å². The van der Waals surface area contributed by atoms with E-state index < -0.39 is 27.5 Å². The lowest BCUT2D eigenvalue weighted by molar-refractivity contribution is -0.139. The zero-order valence-corrected chi connectivity index (χ0v) is 21.1. The molecule has 0 aromatic heterocycles. The Bertz CT molecular complexity index is 1050. The monoisotopic (exact) mass is 473 g/mol. The molecule has 1 N–H and O–H groups in total. The van der Waals surface area contributed by atoms with Crippen LogP contribution in [0.4, 0.5) is 5.69 Å². The SMILES string of the molecule is Cc1ccc(N(CC(=O)N(CCc2ccccc2)[C@H](C)C(=O)NC(C)(C)C)S(C)(=O)=O)cc1. The number of rotatable bonds is 9. The number of carbonyl (C=O) groups excluding carboxylic acids is 2. The Morgan fingerprint density at radius 1 is 1.00 bits per heavy atom. The quantitative estimate of drug-likeness (QED) is 0.606. The van der Waals surface area contributed by atoms with Gasteiger partial charge in [0.15, 0.2) is 0 Å². The Morgan fingerprint density at radius 3 is 2.09 bits per heavy atom. The number of amides is 2. The molecule has 180 valence electrons. The lowest BCUT2D eigenvalue weighted by Gasteiger charge is -2.33. The highest BCUT2D eigenvalue weighted by Gasteiger charge is 2.31. The Balaban J connectivity index is 2.31. The summed E-state index contributed by atoms with van der Waals surface area (Å²) >= 11 is 0. The number of nitrogens with one attached hydrogen (secondary N) is 1. The van der Waals surface area contributed by atoms with Gasteiger partial charge in [0.1, 0.15) is 12.6 Å². The Kier molecular flexibility index (Phi) is 8.66. The van der Waals surface area contributed by atoms with Crippen LogP contribution in [0.5, 0.6) is 0 Å². The molecule has 0 aliphatic heterocycles. The lowest BCUT2D eigenvalue weighted by Crippen LogP contribution is -2.55. The third kappa shape index (κ3) is 8.20. The van der Waals surface area contributed by atoms with Gasteiger partial charge in [-0.2, -0.15) is 0 Å². The summed E-state index contributed by atoms with van der Waals surface area (Å²) in [5.41, 5.74) is 1.96. The molecule has 0 spiro atoms. The maximum absolute atomic E-state index is 13.4. The third-order valence-electron chi connectivity index (χ3n) is 5.15. The van der Waals surface area contributed by atoms with E-state index in [1.165, 1.54) is 4.90 Å². The van der Waals surface area contributed by atoms with Crippen LogP contribution in [0.2, 0.25) is 0 Å². The molecular weight excluding hydrogens is 438 g/mol. The lowest BCUT2D eigenvalue weighted by atomic mass is 10.1. The van der Waals surface area contributed by atoms with Crippen LogP contribution in [-0.2, 0) is 26.0 Å². The van der Waals surface area contributed by atoms with Crippen molar-refractivity contribution in [3.8, 4) is 0 Å². The van der Waals surface area contributed by atoms with Crippen molar-refractivity contribution in [2.24, 2.45) is 0 Å². The zero-order valence-electron chi connectivity index (χ0n) is 20.3. The number of hydrogen-bond acceptors (Lipinski definition) is 4. The molecule has 0 aliphatic rings. The highest BCUT2D eigenvalue weighted by atomic mass is 32.2. The number of sulfonamides is 1. The maximum Gasteiger partial charge on any atom is 0.244 e. The molecule has 0 aliphatic carbocycles. The fourth-order valence-corrected chi connectivity index (χ4v) is 4.22. The second-order valence-electron chi connectivity index (χ2n) is 9.34. The smallest absolute Gasteiger partial charge is 0.244 e. The summed E-state index contributed by atoms with van der Waals surface area (Å²) in [6.45, 7) is 9.08. The Morgan fingerprint density at radius 2 is 1.58 bits per heavy atom. The van der Waals surface area contributed by atoms with Crippen molar-refractivity contribution < 1.29 is 18.0 Å². The molecule has 2 amide bonds. The zero-order chi connectivity index (χ0) is 24.8. The van der Waals surface area contributed by atoms with E-state index in [-0.39, 0.29) is 19.0 Å². The molecule has 2 aromatic rings. The van der Waals surface area contributed by atoms with Gasteiger partial charge in [-0.3, -0.25) is 13.9 Å². The van der Waals surface area contributed by atoms with Crippen LogP contribution in [-0.4, -0.2) is 56.1 Å². The molecule has 1 atom stereocenters. The van der Waals surface area contributed by atoms with Crippen LogP contribution >= 0.6 is 0 Å². The van der Waals surface area contributed by atoms with E-state index >= 15 is 0 Å². The molecule has 33 heavy (non-hydrogen) atoms. The first kappa shape index (κ1) is 26.4. The molecule has 0 radical (unpaired) electrons. The van der Waals surface area contributed by atoms with Crippen LogP contribution in [0.1, 0.15) is 38.8 Å². The average molecular weight is 474 g/mol. The first-order chi connectivity index (χ1) is 15.3. The molecule has 0 saturated carbocycles. The number of anilines is 1. The fourth-order valence-electron chi connectivity index (χ4n) is 3.37. The van der Waals surface area contributed by atoms with Crippen LogP contribution in [0.15, 0.2) is 54.6 Å². The van der Waals surface area contributed by atoms with E-state index in [0.717, 1.165) is 21.7 Å². The van der Waals surface area contributed by atoms with Crippen LogP contribution in [0, 0.1) is 6.92 Å². The van der Waals surface area contributed by atoms with Gasteiger partial charge in [-0.15, -0.1) is 0 Å². The first-order valence-electron chi connectivity index (χ1n) is 11.0. The number of carbonyl (C=O) groups is 2. The summed E-state index contributed by atoms with van der Waals surface area (Å²) in [4.78, 5) is 27.7. The van der Waals surface area contributed by atoms with Crippen molar-refractivity contribution >= 4 is 27.5 Å².